The minimum atomic E-state index is -0.460. The lowest BCUT2D eigenvalue weighted by molar-refractivity contribution is -0.0196. The summed E-state index contributed by atoms with van der Waals surface area (Å²) in [6, 6.07) is 4.28. The first kappa shape index (κ1) is 19.5. The third kappa shape index (κ3) is 4.55. The van der Waals surface area contributed by atoms with Crippen LogP contribution >= 0.6 is 11.6 Å². The first-order valence-electron chi connectivity index (χ1n) is 9.27. The van der Waals surface area contributed by atoms with E-state index in [4.69, 9.17) is 16.3 Å². The molecule has 2 atom stereocenters. The summed E-state index contributed by atoms with van der Waals surface area (Å²) in [4.78, 5) is 17.1. The van der Waals surface area contributed by atoms with Gasteiger partial charge in [0, 0.05) is 38.8 Å². The number of amides is 1. The summed E-state index contributed by atoms with van der Waals surface area (Å²) in [7, 11) is 0. The molecule has 1 amide bonds. The molecule has 0 aliphatic carbocycles. The van der Waals surface area contributed by atoms with Crippen molar-refractivity contribution >= 4 is 17.5 Å². The molecule has 7 heteroatoms. The van der Waals surface area contributed by atoms with Gasteiger partial charge in [-0.05, 0) is 43.4 Å². The highest BCUT2D eigenvalue weighted by atomic mass is 35.5. The zero-order chi connectivity index (χ0) is 18.5. The Balaban J connectivity index is 1.72. The molecule has 5 nitrogen and oxygen atoms in total. The fourth-order valence-electron chi connectivity index (χ4n) is 4.06. The molecule has 1 aromatic carbocycles. The number of ether oxygens (including phenoxy) is 1. The molecule has 2 fully saturated rings. The van der Waals surface area contributed by atoms with E-state index < -0.39 is 5.82 Å². The van der Waals surface area contributed by atoms with E-state index >= 15 is 0 Å². The summed E-state index contributed by atoms with van der Waals surface area (Å²) in [6.07, 6.45) is 2.45. The number of rotatable bonds is 5. The molecular formula is C19H26ClFN2O3. The number of likely N-dealkylation sites (tertiary alicyclic amines) is 1. The average Bonchev–Trinajstić information content (AvgIpc) is 2.68. The monoisotopic (exact) mass is 384 g/mol. The van der Waals surface area contributed by atoms with Crippen molar-refractivity contribution in [3.05, 3.63) is 34.6 Å². The number of hydrogen-bond donors (Lipinski definition) is 1. The summed E-state index contributed by atoms with van der Waals surface area (Å²) in [6.45, 7) is 4.68. The molecule has 144 valence electrons. The fourth-order valence-corrected chi connectivity index (χ4v) is 4.26. The molecule has 3 rings (SSSR count). The summed E-state index contributed by atoms with van der Waals surface area (Å²) in [5.74, 6) is -0.396. The van der Waals surface area contributed by atoms with Crippen LogP contribution in [0.4, 0.5) is 4.39 Å². The van der Waals surface area contributed by atoms with E-state index in [1.54, 1.807) is 4.90 Å². The molecule has 2 aliphatic rings. The second-order valence-electron chi connectivity index (χ2n) is 7.01. The van der Waals surface area contributed by atoms with Crippen LogP contribution in [0.2, 0.25) is 5.02 Å². The zero-order valence-corrected chi connectivity index (χ0v) is 15.6. The number of nitrogens with zero attached hydrogens (tertiary/aromatic N) is 2. The summed E-state index contributed by atoms with van der Waals surface area (Å²) in [5.41, 5.74) is 0.220. The second kappa shape index (κ2) is 9.13. The Bertz CT molecular complexity index is 625. The van der Waals surface area contributed by atoms with Crippen molar-refractivity contribution in [1.82, 2.24) is 9.80 Å². The largest absolute Gasteiger partial charge is 0.396 e. The fraction of sp³-hybridized carbons (Fsp3) is 0.632. The maximum Gasteiger partial charge on any atom is 0.255 e. The molecule has 0 bridgehead atoms. The number of carbonyl (C=O) groups excluding carboxylic acids is 1. The number of piperidine rings is 1. The van der Waals surface area contributed by atoms with Gasteiger partial charge in [0.25, 0.3) is 5.91 Å². The molecule has 2 saturated heterocycles. The zero-order valence-electron chi connectivity index (χ0n) is 14.9. The van der Waals surface area contributed by atoms with Gasteiger partial charge in [0.15, 0.2) is 0 Å². The maximum atomic E-state index is 13.5. The molecule has 0 aromatic heterocycles. The van der Waals surface area contributed by atoms with Gasteiger partial charge >= 0.3 is 0 Å². The molecular weight excluding hydrogens is 359 g/mol. The Kier molecular flexibility index (Phi) is 6.86. The van der Waals surface area contributed by atoms with Crippen molar-refractivity contribution in [3.63, 3.8) is 0 Å². The molecule has 0 saturated carbocycles. The van der Waals surface area contributed by atoms with Gasteiger partial charge in [-0.2, -0.15) is 0 Å². The molecule has 0 unspecified atom stereocenters. The van der Waals surface area contributed by atoms with Crippen LogP contribution in [0, 0.1) is 11.7 Å². The van der Waals surface area contributed by atoms with Crippen molar-refractivity contribution in [2.75, 3.05) is 46.0 Å². The first-order valence-corrected chi connectivity index (χ1v) is 9.65. The molecule has 26 heavy (non-hydrogen) atoms. The van der Waals surface area contributed by atoms with Crippen LogP contribution in [0.25, 0.3) is 0 Å². The average molecular weight is 385 g/mol. The highest BCUT2D eigenvalue weighted by Gasteiger charge is 2.35. The number of aliphatic hydroxyl groups is 1. The molecule has 2 aliphatic heterocycles. The smallest absolute Gasteiger partial charge is 0.255 e. The van der Waals surface area contributed by atoms with Gasteiger partial charge in [-0.3, -0.25) is 9.69 Å². The Morgan fingerprint density at radius 3 is 2.81 bits per heavy atom. The van der Waals surface area contributed by atoms with E-state index in [2.05, 4.69) is 4.90 Å². The predicted octanol–water partition coefficient (Wildman–Crippen LogP) is 2.41. The molecule has 1 aromatic rings. The Morgan fingerprint density at radius 1 is 1.31 bits per heavy atom. The van der Waals surface area contributed by atoms with E-state index in [1.165, 1.54) is 18.2 Å². The van der Waals surface area contributed by atoms with Crippen molar-refractivity contribution in [3.8, 4) is 0 Å². The van der Waals surface area contributed by atoms with E-state index in [-0.39, 0.29) is 29.0 Å². The second-order valence-corrected chi connectivity index (χ2v) is 7.41. The minimum Gasteiger partial charge on any atom is -0.396 e. The Labute approximate surface area is 158 Å². The number of morpholine rings is 1. The van der Waals surface area contributed by atoms with Gasteiger partial charge in [-0.15, -0.1) is 0 Å². The van der Waals surface area contributed by atoms with Gasteiger partial charge in [0.05, 0.1) is 23.8 Å². The van der Waals surface area contributed by atoms with Crippen LogP contribution in [0.1, 0.15) is 29.6 Å². The minimum absolute atomic E-state index is 0.149. The summed E-state index contributed by atoms with van der Waals surface area (Å²) in [5, 5.41) is 9.52. The van der Waals surface area contributed by atoms with Gasteiger partial charge in [0.2, 0.25) is 0 Å². The molecule has 0 radical (unpaired) electrons. The lowest BCUT2D eigenvalue weighted by atomic mass is 9.86. The normalized spacial score (nSPS) is 24.7. The van der Waals surface area contributed by atoms with Gasteiger partial charge in [0.1, 0.15) is 5.82 Å². The standard InChI is InChI=1S/C19H26ClFN2O3/c20-17-4-3-15(21)12-16(17)19(25)23-6-5-18(14(13-23)2-1-9-24)22-7-10-26-11-8-22/h3-4,12,14,18,24H,1-2,5-11,13H2/t14-,18+/m1/s1. The van der Waals surface area contributed by atoms with Crippen LogP contribution in [0.15, 0.2) is 18.2 Å². The van der Waals surface area contributed by atoms with E-state index in [0.29, 0.717) is 25.6 Å². The third-order valence-corrected chi connectivity index (χ3v) is 5.72. The predicted molar refractivity (Wildman–Crippen MR) is 97.9 cm³/mol. The van der Waals surface area contributed by atoms with Crippen LogP contribution in [0.5, 0.6) is 0 Å². The molecule has 0 spiro atoms. The highest BCUT2D eigenvalue weighted by Crippen LogP contribution is 2.29. The quantitative estimate of drug-likeness (QED) is 0.847. The Hall–Kier alpha value is -1.21. The van der Waals surface area contributed by atoms with E-state index in [0.717, 1.165) is 39.1 Å². The first-order chi connectivity index (χ1) is 12.6. The van der Waals surface area contributed by atoms with Crippen LogP contribution in [-0.2, 0) is 4.74 Å². The van der Waals surface area contributed by atoms with Gasteiger partial charge in [-0.25, -0.2) is 4.39 Å². The van der Waals surface area contributed by atoms with Gasteiger partial charge < -0.3 is 14.7 Å². The SMILES string of the molecule is O=C(c1cc(F)ccc1Cl)N1CC[C@H](N2CCOCC2)[C@H](CCCO)C1. The number of halogens is 2. The lowest BCUT2D eigenvalue weighted by Crippen LogP contribution is -2.55. The third-order valence-electron chi connectivity index (χ3n) is 5.39. The number of benzene rings is 1. The van der Waals surface area contributed by atoms with Crippen LogP contribution < -0.4 is 0 Å². The van der Waals surface area contributed by atoms with E-state index in [9.17, 15) is 14.3 Å². The van der Waals surface area contributed by atoms with Gasteiger partial charge in [-0.1, -0.05) is 11.6 Å². The number of carbonyl (C=O) groups is 1. The van der Waals surface area contributed by atoms with Crippen LogP contribution in [-0.4, -0.2) is 72.9 Å². The van der Waals surface area contributed by atoms with Crippen molar-refractivity contribution in [1.29, 1.82) is 0 Å². The van der Waals surface area contributed by atoms with Crippen LogP contribution in [0.3, 0.4) is 0 Å². The number of hydrogen-bond acceptors (Lipinski definition) is 4. The topological polar surface area (TPSA) is 53.0 Å². The summed E-state index contributed by atoms with van der Waals surface area (Å²) < 4.78 is 19.0. The van der Waals surface area contributed by atoms with Crippen molar-refractivity contribution < 1.29 is 19.0 Å². The maximum absolute atomic E-state index is 13.5. The summed E-state index contributed by atoms with van der Waals surface area (Å²) >= 11 is 6.11. The highest BCUT2D eigenvalue weighted by molar-refractivity contribution is 6.33. The van der Waals surface area contributed by atoms with E-state index in [1.807, 2.05) is 0 Å². The number of aliphatic hydroxyl groups excluding tert-OH is 1. The Morgan fingerprint density at radius 2 is 2.08 bits per heavy atom. The molecule has 1 N–H and O–H groups in total. The van der Waals surface area contributed by atoms with Crippen molar-refractivity contribution in [2.24, 2.45) is 5.92 Å². The lowest BCUT2D eigenvalue weighted by Gasteiger charge is -2.45. The molecule has 2 heterocycles. The van der Waals surface area contributed by atoms with Crippen molar-refractivity contribution in [2.45, 2.75) is 25.3 Å².